The van der Waals surface area contributed by atoms with Crippen LogP contribution >= 0.6 is 12.4 Å². The average Bonchev–Trinajstić information content (AvgIpc) is 2.21. The summed E-state index contributed by atoms with van der Waals surface area (Å²) in [7, 11) is -3.95. The van der Waals surface area contributed by atoms with Crippen molar-refractivity contribution in [3.63, 3.8) is 0 Å². The second-order valence-electron chi connectivity index (χ2n) is 4.37. The van der Waals surface area contributed by atoms with Gasteiger partial charge < -0.3 is 4.74 Å². The molecule has 16 heavy (non-hydrogen) atoms. The van der Waals surface area contributed by atoms with Crippen LogP contribution in [0.25, 0.3) is 0 Å². The summed E-state index contributed by atoms with van der Waals surface area (Å²) in [6.45, 7) is 6.55. The van der Waals surface area contributed by atoms with E-state index in [0.717, 1.165) is 0 Å². The van der Waals surface area contributed by atoms with Crippen LogP contribution in [0.2, 0.25) is 0 Å². The van der Waals surface area contributed by atoms with E-state index in [2.05, 4.69) is 4.18 Å². The Morgan fingerprint density at radius 3 is 2.25 bits per heavy atom. The van der Waals surface area contributed by atoms with Gasteiger partial charge in [-0.3, -0.25) is 4.18 Å². The van der Waals surface area contributed by atoms with Gasteiger partial charge in [-0.1, -0.05) is 0 Å². The van der Waals surface area contributed by atoms with Gasteiger partial charge in [0.05, 0.1) is 12.6 Å². The van der Waals surface area contributed by atoms with Gasteiger partial charge in [0.15, 0.2) is 0 Å². The lowest BCUT2D eigenvalue weighted by atomic mass is 10.2. The van der Waals surface area contributed by atoms with Gasteiger partial charge in [-0.2, -0.15) is 12.7 Å². The van der Waals surface area contributed by atoms with Crippen molar-refractivity contribution in [2.75, 3.05) is 6.61 Å². The molecule has 0 unspecified atom stereocenters. The Kier molecular flexibility index (Phi) is 4.61. The highest BCUT2D eigenvalue weighted by molar-refractivity contribution is 7.85. The molecule has 0 N–H and O–H groups in total. The fraction of sp³-hybridized carbons (Fsp3) is 0.875. The summed E-state index contributed by atoms with van der Waals surface area (Å²) < 4.78 is 32.7. The summed E-state index contributed by atoms with van der Waals surface area (Å²) >= 11 is 0. The van der Waals surface area contributed by atoms with Crippen LogP contribution in [0, 0.1) is 0 Å². The van der Waals surface area contributed by atoms with E-state index >= 15 is 0 Å². The Labute approximate surface area is 102 Å². The zero-order valence-electron chi connectivity index (χ0n) is 9.59. The van der Waals surface area contributed by atoms with Crippen molar-refractivity contribution in [1.82, 2.24) is 4.31 Å². The summed E-state index contributed by atoms with van der Waals surface area (Å²) in [5.41, 5.74) is -0.727. The second-order valence-corrected chi connectivity index (χ2v) is 5.85. The third-order valence-corrected chi connectivity index (χ3v) is 3.10. The number of rotatable bonds is 0. The topological polar surface area (TPSA) is 72.9 Å². The van der Waals surface area contributed by atoms with Gasteiger partial charge >= 0.3 is 16.4 Å². The Balaban J connectivity index is 0.00000225. The normalized spacial score (nSPS) is 23.8. The summed E-state index contributed by atoms with van der Waals surface area (Å²) in [6.07, 6.45) is -0.896. The number of halogens is 1. The lowest BCUT2D eigenvalue weighted by Crippen LogP contribution is -2.41. The molecule has 1 saturated heterocycles. The quantitative estimate of drug-likeness (QED) is 0.665. The van der Waals surface area contributed by atoms with E-state index in [4.69, 9.17) is 4.74 Å². The second kappa shape index (κ2) is 4.77. The summed E-state index contributed by atoms with van der Waals surface area (Å²) in [4.78, 5) is 11.5. The van der Waals surface area contributed by atoms with Crippen molar-refractivity contribution in [2.45, 2.75) is 39.3 Å². The molecule has 0 spiro atoms. The summed E-state index contributed by atoms with van der Waals surface area (Å²) in [5.74, 6) is 0. The molecule has 1 rings (SSSR count). The molecular formula is C8H16ClNO5S. The minimum Gasteiger partial charge on any atom is -0.443 e. The lowest BCUT2D eigenvalue weighted by molar-refractivity contribution is 0.0366. The number of hydrogen-bond donors (Lipinski definition) is 0. The van der Waals surface area contributed by atoms with Gasteiger partial charge in [0.25, 0.3) is 0 Å². The maximum absolute atomic E-state index is 11.5. The Morgan fingerprint density at radius 1 is 1.44 bits per heavy atom. The van der Waals surface area contributed by atoms with Crippen LogP contribution in [0.3, 0.4) is 0 Å². The van der Waals surface area contributed by atoms with Crippen molar-refractivity contribution in [1.29, 1.82) is 0 Å². The van der Waals surface area contributed by atoms with Crippen molar-refractivity contribution in [3.8, 4) is 0 Å². The van der Waals surface area contributed by atoms with Gasteiger partial charge in [0.2, 0.25) is 0 Å². The van der Waals surface area contributed by atoms with E-state index in [1.165, 1.54) is 0 Å². The number of carbonyl (C=O) groups excluding carboxylic acids is 1. The van der Waals surface area contributed by atoms with E-state index in [1.807, 2.05) is 0 Å². The predicted molar refractivity (Wildman–Crippen MR) is 59.7 cm³/mol. The van der Waals surface area contributed by atoms with Gasteiger partial charge in [0.1, 0.15) is 5.60 Å². The van der Waals surface area contributed by atoms with E-state index in [-0.39, 0.29) is 19.0 Å². The fourth-order valence-electron chi connectivity index (χ4n) is 1.11. The Bertz CT molecular complexity index is 361. The summed E-state index contributed by atoms with van der Waals surface area (Å²) in [5, 5.41) is 0. The van der Waals surface area contributed by atoms with Crippen LogP contribution in [0.15, 0.2) is 0 Å². The smallest absolute Gasteiger partial charge is 0.426 e. The molecule has 96 valence electrons. The highest BCUT2D eigenvalue weighted by Crippen LogP contribution is 2.21. The van der Waals surface area contributed by atoms with Crippen molar-refractivity contribution < 1.29 is 22.1 Å². The van der Waals surface area contributed by atoms with Gasteiger partial charge in [-0.25, -0.2) is 4.79 Å². The molecule has 0 aliphatic carbocycles. The maximum Gasteiger partial charge on any atom is 0.426 e. The first kappa shape index (κ1) is 15.5. The molecular weight excluding hydrogens is 258 g/mol. The van der Waals surface area contributed by atoms with Gasteiger partial charge in [0, 0.05) is 0 Å². The minimum atomic E-state index is -3.95. The maximum atomic E-state index is 11.5. The largest absolute Gasteiger partial charge is 0.443 e. The molecule has 0 bridgehead atoms. The third kappa shape index (κ3) is 3.50. The van der Waals surface area contributed by atoms with Crippen LogP contribution in [-0.2, 0) is 19.2 Å². The Morgan fingerprint density at radius 2 is 1.94 bits per heavy atom. The van der Waals surface area contributed by atoms with Crippen molar-refractivity contribution in [2.24, 2.45) is 0 Å². The molecule has 1 fully saturated rings. The number of amides is 1. The molecule has 8 heteroatoms. The molecule has 0 radical (unpaired) electrons. The average molecular weight is 274 g/mol. The van der Waals surface area contributed by atoms with E-state index < -0.39 is 28.0 Å². The molecule has 1 atom stereocenters. The minimum absolute atomic E-state index is 0. The van der Waals surface area contributed by atoms with Crippen LogP contribution < -0.4 is 0 Å². The van der Waals surface area contributed by atoms with Crippen LogP contribution in [0.4, 0.5) is 4.79 Å². The molecule has 6 nitrogen and oxygen atoms in total. The first-order valence-electron chi connectivity index (χ1n) is 4.55. The van der Waals surface area contributed by atoms with Crippen molar-refractivity contribution >= 4 is 28.8 Å². The molecule has 1 amide bonds. The van der Waals surface area contributed by atoms with E-state index in [9.17, 15) is 13.2 Å². The van der Waals surface area contributed by atoms with Gasteiger partial charge in [-0.05, 0) is 27.7 Å². The molecule has 0 aromatic rings. The van der Waals surface area contributed by atoms with E-state index in [0.29, 0.717) is 4.31 Å². The predicted octanol–water partition coefficient (Wildman–Crippen LogP) is 1.31. The number of carbonyl (C=O) groups is 1. The molecule has 0 aromatic heterocycles. The van der Waals surface area contributed by atoms with Crippen LogP contribution in [-0.4, -0.2) is 37.1 Å². The monoisotopic (exact) mass is 273 g/mol. The highest BCUT2D eigenvalue weighted by atomic mass is 35.5. The molecule has 1 heterocycles. The highest BCUT2D eigenvalue weighted by Gasteiger charge is 2.42. The first-order chi connectivity index (χ1) is 6.63. The van der Waals surface area contributed by atoms with Gasteiger partial charge in [-0.15, -0.1) is 12.4 Å². The van der Waals surface area contributed by atoms with Crippen LogP contribution in [0.5, 0.6) is 0 Å². The fourth-order valence-corrected chi connectivity index (χ4v) is 2.31. The molecule has 0 saturated carbocycles. The van der Waals surface area contributed by atoms with Crippen LogP contribution in [0.1, 0.15) is 27.7 Å². The summed E-state index contributed by atoms with van der Waals surface area (Å²) in [6, 6.07) is -0.523. The van der Waals surface area contributed by atoms with E-state index in [1.54, 1.807) is 27.7 Å². The van der Waals surface area contributed by atoms with Crippen molar-refractivity contribution in [3.05, 3.63) is 0 Å². The first-order valence-corrected chi connectivity index (χ1v) is 5.92. The SMILES string of the molecule is C[C@@H]1COS(=O)(=O)N1C(=O)OC(C)(C)C.Cl. The zero-order valence-corrected chi connectivity index (χ0v) is 11.2. The molecule has 1 aliphatic rings. The number of nitrogens with zero attached hydrogens (tertiary/aromatic N) is 1. The number of ether oxygens (including phenoxy) is 1. The zero-order chi connectivity index (χ0) is 11.9. The standard InChI is InChI=1S/C8H15NO5S.ClH/c1-6-5-13-15(11,12)9(6)7(10)14-8(2,3)4;/h6H,5H2,1-4H3;1H/t6-;/m1./s1. The lowest BCUT2D eigenvalue weighted by Gasteiger charge is -2.24. The number of hydrogen-bond acceptors (Lipinski definition) is 5. The Hall–Kier alpha value is -0.530. The molecule has 1 aliphatic heterocycles. The molecule has 0 aromatic carbocycles. The third-order valence-electron chi connectivity index (χ3n) is 1.67.